The van der Waals surface area contributed by atoms with Crippen molar-refractivity contribution in [1.29, 1.82) is 0 Å². The number of nitrogens with one attached hydrogen (secondary N) is 2. The number of non-ortho nitro benzene ring substituents is 1. The van der Waals surface area contributed by atoms with Crippen LogP contribution in [0.4, 0.5) is 5.69 Å². The number of nitro benzene ring substituents is 1. The number of hydrogen-bond acceptors (Lipinski definition) is 4. The van der Waals surface area contributed by atoms with Crippen LogP contribution in [0.25, 0.3) is 0 Å². The molecule has 1 amide bonds. The van der Waals surface area contributed by atoms with Crippen molar-refractivity contribution in [2.75, 3.05) is 0 Å². The van der Waals surface area contributed by atoms with E-state index in [1.54, 1.807) is 12.1 Å². The molecule has 2 unspecified atom stereocenters. The average Bonchev–Trinajstić information content (AvgIpc) is 3.22. The van der Waals surface area contributed by atoms with Crippen molar-refractivity contribution in [2.24, 2.45) is 0 Å². The standard InChI is InChI=1S/C14H19N3O3/c1-9(11-3-7-13(8-4-11)17(19)20)15-10(2)14(18)16-12-5-6-12/h3-4,7-10,12,15H,5-6H2,1-2H3,(H,16,18). The van der Waals surface area contributed by atoms with Gasteiger partial charge in [0.25, 0.3) is 5.69 Å². The van der Waals surface area contributed by atoms with Gasteiger partial charge in [-0.1, -0.05) is 12.1 Å². The SMILES string of the molecule is CC(NC(C)c1ccc([N+](=O)[O-])cc1)C(=O)NC1CC1. The number of carbonyl (C=O) groups excluding carboxylic acids is 1. The summed E-state index contributed by atoms with van der Waals surface area (Å²) < 4.78 is 0. The minimum absolute atomic E-state index is 0.00117. The lowest BCUT2D eigenvalue weighted by molar-refractivity contribution is -0.384. The fraction of sp³-hybridized carbons (Fsp3) is 0.500. The van der Waals surface area contributed by atoms with Crippen molar-refractivity contribution in [1.82, 2.24) is 10.6 Å². The van der Waals surface area contributed by atoms with E-state index in [2.05, 4.69) is 10.6 Å². The number of hydrogen-bond donors (Lipinski definition) is 2. The summed E-state index contributed by atoms with van der Waals surface area (Å²) in [7, 11) is 0. The Hall–Kier alpha value is -1.95. The smallest absolute Gasteiger partial charge is 0.269 e. The lowest BCUT2D eigenvalue weighted by Gasteiger charge is -2.19. The molecule has 0 radical (unpaired) electrons. The van der Waals surface area contributed by atoms with Crippen molar-refractivity contribution in [2.45, 2.75) is 44.8 Å². The van der Waals surface area contributed by atoms with Gasteiger partial charge in [0.2, 0.25) is 5.91 Å². The normalized spacial score (nSPS) is 17.3. The monoisotopic (exact) mass is 277 g/mol. The predicted molar refractivity (Wildman–Crippen MR) is 75.3 cm³/mol. The maximum atomic E-state index is 11.8. The molecule has 2 rings (SSSR count). The van der Waals surface area contributed by atoms with E-state index in [0.29, 0.717) is 6.04 Å². The largest absolute Gasteiger partial charge is 0.352 e. The van der Waals surface area contributed by atoms with Gasteiger partial charge < -0.3 is 5.32 Å². The maximum absolute atomic E-state index is 11.8. The Labute approximate surface area is 117 Å². The van der Waals surface area contributed by atoms with Crippen LogP contribution in [0.2, 0.25) is 0 Å². The molecule has 108 valence electrons. The number of rotatable bonds is 6. The first-order valence-corrected chi connectivity index (χ1v) is 6.78. The third kappa shape index (κ3) is 3.77. The molecule has 0 aromatic heterocycles. The highest BCUT2D eigenvalue weighted by Gasteiger charge is 2.26. The highest BCUT2D eigenvalue weighted by atomic mass is 16.6. The summed E-state index contributed by atoms with van der Waals surface area (Å²) in [6.45, 7) is 3.75. The molecule has 2 atom stereocenters. The summed E-state index contributed by atoms with van der Waals surface area (Å²) >= 11 is 0. The Morgan fingerprint density at radius 3 is 2.40 bits per heavy atom. The first-order valence-electron chi connectivity index (χ1n) is 6.78. The quantitative estimate of drug-likeness (QED) is 0.614. The number of nitrogens with zero attached hydrogens (tertiary/aromatic N) is 1. The van der Waals surface area contributed by atoms with E-state index >= 15 is 0 Å². The van der Waals surface area contributed by atoms with E-state index in [-0.39, 0.29) is 23.7 Å². The van der Waals surface area contributed by atoms with Crippen LogP contribution >= 0.6 is 0 Å². The van der Waals surface area contributed by atoms with Crippen molar-refractivity contribution in [3.63, 3.8) is 0 Å². The minimum atomic E-state index is -0.423. The highest BCUT2D eigenvalue weighted by molar-refractivity contribution is 5.81. The molecule has 0 aliphatic heterocycles. The molecule has 1 saturated carbocycles. The molecule has 2 N–H and O–H groups in total. The van der Waals surface area contributed by atoms with E-state index in [1.165, 1.54) is 12.1 Å². The van der Waals surface area contributed by atoms with E-state index in [4.69, 9.17) is 0 Å². The van der Waals surface area contributed by atoms with E-state index in [0.717, 1.165) is 18.4 Å². The van der Waals surface area contributed by atoms with Crippen molar-refractivity contribution < 1.29 is 9.72 Å². The van der Waals surface area contributed by atoms with Gasteiger partial charge in [-0.25, -0.2) is 0 Å². The molecule has 0 saturated heterocycles. The fourth-order valence-electron chi connectivity index (χ4n) is 1.99. The van der Waals surface area contributed by atoms with Gasteiger partial charge >= 0.3 is 0 Å². The first-order chi connectivity index (χ1) is 9.47. The van der Waals surface area contributed by atoms with Crippen LogP contribution in [-0.4, -0.2) is 22.9 Å². The summed E-state index contributed by atoms with van der Waals surface area (Å²) in [6.07, 6.45) is 2.13. The van der Waals surface area contributed by atoms with Crippen LogP contribution in [0.5, 0.6) is 0 Å². The second-order valence-electron chi connectivity index (χ2n) is 5.24. The molecular weight excluding hydrogens is 258 g/mol. The zero-order chi connectivity index (χ0) is 14.7. The van der Waals surface area contributed by atoms with Crippen LogP contribution in [0.3, 0.4) is 0 Å². The van der Waals surface area contributed by atoms with Crippen LogP contribution in [-0.2, 0) is 4.79 Å². The molecule has 1 aliphatic rings. The second-order valence-corrected chi connectivity index (χ2v) is 5.24. The van der Waals surface area contributed by atoms with Gasteiger partial charge in [0.05, 0.1) is 11.0 Å². The van der Waals surface area contributed by atoms with Crippen LogP contribution < -0.4 is 10.6 Å². The molecule has 1 aliphatic carbocycles. The summed E-state index contributed by atoms with van der Waals surface area (Å²) in [6, 6.07) is 6.38. The fourth-order valence-corrected chi connectivity index (χ4v) is 1.99. The molecule has 1 fully saturated rings. The van der Waals surface area contributed by atoms with Gasteiger partial charge in [-0.05, 0) is 32.3 Å². The molecule has 0 spiro atoms. The van der Waals surface area contributed by atoms with E-state index in [1.807, 2.05) is 13.8 Å². The second kappa shape index (κ2) is 6.00. The Morgan fingerprint density at radius 1 is 1.30 bits per heavy atom. The van der Waals surface area contributed by atoms with Gasteiger partial charge in [-0.2, -0.15) is 0 Å². The average molecular weight is 277 g/mol. The van der Waals surface area contributed by atoms with Gasteiger partial charge in [0.1, 0.15) is 0 Å². The van der Waals surface area contributed by atoms with Crippen molar-refractivity contribution in [3.05, 3.63) is 39.9 Å². The van der Waals surface area contributed by atoms with Gasteiger partial charge in [0, 0.05) is 24.2 Å². The highest BCUT2D eigenvalue weighted by Crippen LogP contribution is 2.20. The van der Waals surface area contributed by atoms with Crippen LogP contribution in [0, 0.1) is 10.1 Å². The summed E-state index contributed by atoms with van der Waals surface area (Å²) in [5.41, 5.74) is 0.988. The number of nitro groups is 1. The number of amides is 1. The summed E-state index contributed by atoms with van der Waals surface area (Å²) in [5, 5.41) is 16.7. The van der Waals surface area contributed by atoms with Crippen molar-refractivity contribution in [3.8, 4) is 0 Å². The van der Waals surface area contributed by atoms with Crippen molar-refractivity contribution >= 4 is 11.6 Å². The summed E-state index contributed by atoms with van der Waals surface area (Å²) in [4.78, 5) is 22.0. The van der Waals surface area contributed by atoms with Crippen LogP contribution in [0.15, 0.2) is 24.3 Å². The van der Waals surface area contributed by atoms with E-state index in [9.17, 15) is 14.9 Å². The zero-order valence-electron chi connectivity index (χ0n) is 11.6. The molecule has 1 aromatic carbocycles. The Morgan fingerprint density at radius 2 is 1.90 bits per heavy atom. The maximum Gasteiger partial charge on any atom is 0.269 e. The molecule has 6 heteroatoms. The molecule has 0 bridgehead atoms. The van der Waals surface area contributed by atoms with Gasteiger partial charge in [-0.15, -0.1) is 0 Å². The van der Waals surface area contributed by atoms with Gasteiger partial charge in [-0.3, -0.25) is 20.2 Å². The molecule has 1 aromatic rings. The zero-order valence-corrected chi connectivity index (χ0v) is 11.6. The molecule has 6 nitrogen and oxygen atoms in total. The Kier molecular flexibility index (Phi) is 4.34. The Balaban J connectivity index is 1.90. The topological polar surface area (TPSA) is 84.3 Å². The molecular formula is C14H19N3O3. The lowest BCUT2D eigenvalue weighted by atomic mass is 10.1. The molecule has 0 heterocycles. The number of benzene rings is 1. The number of carbonyl (C=O) groups is 1. The Bertz CT molecular complexity index is 497. The third-order valence-electron chi connectivity index (χ3n) is 3.42. The molecule has 20 heavy (non-hydrogen) atoms. The third-order valence-corrected chi connectivity index (χ3v) is 3.42. The lowest BCUT2D eigenvalue weighted by Crippen LogP contribution is -2.43. The first kappa shape index (κ1) is 14.5. The van der Waals surface area contributed by atoms with Crippen LogP contribution in [0.1, 0.15) is 38.3 Å². The summed E-state index contributed by atoms with van der Waals surface area (Å²) in [5.74, 6) is 0.00117. The van der Waals surface area contributed by atoms with Gasteiger partial charge in [0.15, 0.2) is 0 Å². The van der Waals surface area contributed by atoms with E-state index < -0.39 is 4.92 Å². The predicted octanol–water partition coefficient (Wildman–Crippen LogP) is 1.91. The minimum Gasteiger partial charge on any atom is -0.352 e.